The van der Waals surface area contributed by atoms with Gasteiger partial charge in [-0.05, 0) is 12.1 Å². The van der Waals surface area contributed by atoms with Gasteiger partial charge in [0.05, 0.1) is 12.0 Å². The van der Waals surface area contributed by atoms with E-state index in [4.69, 9.17) is 4.74 Å². The first-order chi connectivity index (χ1) is 8.51. The van der Waals surface area contributed by atoms with Gasteiger partial charge in [0.15, 0.2) is 5.75 Å². The summed E-state index contributed by atoms with van der Waals surface area (Å²) in [5.74, 6) is -0.125. The van der Waals surface area contributed by atoms with Crippen LogP contribution < -0.4 is 4.74 Å². The van der Waals surface area contributed by atoms with Crippen LogP contribution in [-0.2, 0) is 0 Å². The third-order valence-electron chi connectivity index (χ3n) is 2.39. The van der Waals surface area contributed by atoms with Crippen LogP contribution in [0.3, 0.4) is 0 Å². The van der Waals surface area contributed by atoms with Crippen LogP contribution in [0.15, 0.2) is 18.2 Å². The first-order valence-corrected chi connectivity index (χ1v) is 6.27. The molecule has 1 aromatic carbocycles. The molecule has 0 spiro atoms. The Balaban J connectivity index is 3.08. The Bertz CT molecular complexity index is 464. The highest BCUT2D eigenvalue weighted by Gasteiger charge is 2.19. The van der Waals surface area contributed by atoms with Crippen LogP contribution in [0.4, 0.5) is 5.69 Å². The summed E-state index contributed by atoms with van der Waals surface area (Å²) in [5, 5.41) is 11.5. The molecule has 18 heavy (non-hydrogen) atoms. The molecule has 98 valence electrons. The molecule has 1 aromatic rings. The van der Waals surface area contributed by atoms with E-state index in [2.05, 4.69) is 15.9 Å². The molecule has 6 nitrogen and oxygen atoms in total. The lowest BCUT2D eigenvalue weighted by molar-refractivity contribution is -0.385. The number of amides is 1. The average molecular weight is 317 g/mol. The molecule has 0 aromatic heterocycles. The van der Waals surface area contributed by atoms with E-state index in [9.17, 15) is 14.9 Å². The van der Waals surface area contributed by atoms with E-state index >= 15 is 0 Å². The molecule has 0 radical (unpaired) electrons. The fraction of sp³-hybridized carbons (Fsp3) is 0.364. The number of benzene rings is 1. The summed E-state index contributed by atoms with van der Waals surface area (Å²) in [6, 6.07) is 4.16. The Morgan fingerprint density at radius 2 is 2.22 bits per heavy atom. The van der Waals surface area contributed by atoms with Crippen LogP contribution in [0, 0.1) is 10.1 Å². The lowest BCUT2D eigenvalue weighted by Gasteiger charge is -2.15. The van der Waals surface area contributed by atoms with Gasteiger partial charge >= 0.3 is 5.69 Å². The van der Waals surface area contributed by atoms with Crippen molar-refractivity contribution in [2.45, 2.75) is 0 Å². The number of alkyl halides is 1. The molecule has 1 amide bonds. The predicted molar refractivity (Wildman–Crippen MR) is 70.4 cm³/mol. The zero-order chi connectivity index (χ0) is 13.7. The van der Waals surface area contributed by atoms with E-state index < -0.39 is 4.92 Å². The summed E-state index contributed by atoms with van der Waals surface area (Å²) in [6.45, 7) is 0.526. The molecule has 0 unspecified atom stereocenters. The van der Waals surface area contributed by atoms with Crippen LogP contribution in [0.1, 0.15) is 10.4 Å². The van der Waals surface area contributed by atoms with Gasteiger partial charge in [-0.15, -0.1) is 0 Å². The average Bonchev–Trinajstić information content (AvgIpc) is 2.37. The van der Waals surface area contributed by atoms with Crippen molar-refractivity contribution in [3.63, 3.8) is 0 Å². The Labute approximate surface area is 113 Å². The number of methoxy groups -OCH3 is 1. The number of carbonyl (C=O) groups is 1. The van der Waals surface area contributed by atoms with Gasteiger partial charge in [-0.1, -0.05) is 15.9 Å². The third-order valence-corrected chi connectivity index (χ3v) is 2.74. The number of carbonyl (C=O) groups excluding carboxylic acids is 1. The van der Waals surface area contributed by atoms with Gasteiger partial charge in [0.1, 0.15) is 0 Å². The summed E-state index contributed by atoms with van der Waals surface area (Å²) in [7, 11) is 2.99. The second-order valence-electron chi connectivity index (χ2n) is 3.56. The second-order valence-corrected chi connectivity index (χ2v) is 4.35. The third kappa shape index (κ3) is 3.19. The molecule has 0 saturated carbocycles. The van der Waals surface area contributed by atoms with Crippen molar-refractivity contribution < 1.29 is 14.5 Å². The SMILES string of the molecule is COc1ccc(C(=O)N(C)CCBr)cc1[N+](=O)[O-]. The van der Waals surface area contributed by atoms with Gasteiger partial charge in [-0.2, -0.15) is 0 Å². The maximum atomic E-state index is 12.0. The Hall–Kier alpha value is -1.63. The van der Waals surface area contributed by atoms with Crippen molar-refractivity contribution in [2.24, 2.45) is 0 Å². The second kappa shape index (κ2) is 6.34. The van der Waals surface area contributed by atoms with Crippen LogP contribution in [0.5, 0.6) is 5.75 Å². The molecule has 0 atom stereocenters. The van der Waals surface area contributed by atoms with Crippen molar-refractivity contribution in [3.05, 3.63) is 33.9 Å². The molecule has 0 bridgehead atoms. The van der Waals surface area contributed by atoms with E-state index in [1.807, 2.05) is 0 Å². The standard InChI is InChI=1S/C11H13BrN2O4/c1-13(6-5-12)11(15)8-3-4-10(18-2)9(7-8)14(16)17/h3-4,7H,5-6H2,1-2H3. The summed E-state index contributed by atoms with van der Waals surface area (Å²) >= 11 is 3.23. The summed E-state index contributed by atoms with van der Waals surface area (Å²) in [5.41, 5.74) is 0.0570. The van der Waals surface area contributed by atoms with E-state index in [0.29, 0.717) is 11.9 Å². The monoisotopic (exact) mass is 316 g/mol. The number of rotatable bonds is 5. The van der Waals surface area contributed by atoms with Crippen molar-refractivity contribution in [2.75, 3.05) is 26.0 Å². The first kappa shape index (κ1) is 14.4. The van der Waals surface area contributed by atoms with Crippen molar-refractivity contribution in [1.82, 2.24) is 4.90 Å². The number of halogens is 1. The molecule has 7 heteroatoms. The highest BCUT2D eigenvalue weighted by molar-refractivity contribution is 9.09. The van der Waals surface area contributed by atoms with Crippen molar-refractivity contribution >= 4 is 27.5 Å². The Morgan fingerprint density at radius 3 is 2.72 bits per heavy atom. The number of nitrogens with zero attached hydrogens (tertiary/aromatic N) is 2. The van der Waals surface area contributed by atoms with E-state index in [0.717, 1.165) is 0 Å². The molecular formula is C11H13BrN2O4. The minimum Gasteiger partial charge on any atom is -0.490 e. The number of nitro benzene ring substituents is 1. The minimum absolute atomic E-state index is 0.139. The number of hydrogen-bond donors (Lipinski definition) is 0. The molecule has 0 aliphatic rings. The van der Waals surface area contributed by atoms with Gasteiger partial charge in [0, 0.05) is 30.6 Å². The number of nitro groups is 1. The Kier molecular flexibility index (Phi) is 5.08. The maximum absolute atomic E-state index is 12.0. The fourth-order valence-electron chi connectivity index (χ4n) is 1.41. The van der Waals surface area contributed by atoms with Crippen LogP contribution in [-0.4, -0.2) is 41.8 Å². The van der Waals surface area contributed by atoms with E-state index in [1.165, 1.54) is 30.2 Å². The maximum Gasteiger partial charge on any atom is 0.311 e. The van der Waals surface area contributed by atoms with Gasteiger partial charge in [-0.3, -0.25) is 14.9 Å². The lowest BCUT2D eigenvalue weighted by Crippen LogP contribution is -2.28. The Morgan fingerprint density at radius 1 is 1.56 bits per heavy atom. The number of ether oxygens (including phenoxy) is 1. The van der Waals surface area contributed by atoms with Crippen molar-refractivity contribution in [1.29, 1.82) is 0 Å². The van der Waals surface area contributed by atoms with Gasteiger partial charge < -0.3 is 9.64 Å². The molecule has 0 aliphatic carbocycles. The minimum atomic E-state index is -0.569. The zero-order valence-electron chi connectivity index (χ0n) is 10.1. The highest BCUT2D eigenvalue weighted by atomic mass is 79.9. The quantitative estimate of drug-likeness (QED) is 0.473. The first-order valence-electron chi connectivity index (χ1n) is 5.15. The van der Waals surface area contributed by atoms with Gasteiger partial charge in [0.2, 0.25) is 0 Å². The highest BCUT2D eigenvalue weighted by Crippen LogP contribution is 2.27. The van der Waals surface area contributed by atoms with Crippen LogP contribution in [0.25, 0.3) is 0 Å². The van der Waals surface area contributed by atoms with Gasteiger partial charge in [-0.25, -0.2) is 0 Å². The topological polar surface area (TPSA) is 72.7 Å². The van der Waals surface area contributed by atoms with E-state index in [-0.39, 0.29) is 22.9 Å². The normalized spacial score (nSPS) is 9.94. The van der Waals surface area contributed by atoms with Crippen LogP contribution in [0.2, 0.25) is 0 Å². The zero-order valence-corrected chi connectivity index (χ0v) is 11.6. The summed E-state index contributed by atoms with van der Waals surface area (Å²) in [4.78, 5) is 23.7. The molecule has 1 rings (SSSR count). The number of hydrogen-bond acceptors (Lipinski definition) is 4. The molecule has 0 N–H and O–H groups in total. The molecule has 0 saturated heterocycles. The largest absolute Gasteiger partial charge is 0.490 e. The smallest absolute Gasteiger partial charge is 0.311 e. The molecule has 0 heterocycles. The molecular weight excluding hydrogens is 304 g/mol. The fourth-order valence-corrected chi connectivity index (χ4v) is 1.95. The van der Waals surface area contributed by atoms with Crippen LogP contribution >= 0.6 is 15.9 Å². The molecule has 0 fully saturated rings. The van der Waals surface area contributed by atoms with Gasteiger partial charge in [0.25, 0.3) is 5.91 Å². The van der Waals surface area contributed by atoms with E-state index in [1.54, 1.807) is 7.05 Å². The van der Waals surface area contributed by atoms with Crippen molar-refractivity contribution in [3.8, 4) is 5.75 Å². The summed E-state index contributed by atoms with van der Waals surface area (Å²) in [6.07, 6.45) is 0. The summed E-state index contributed by atoms with van der Waals surface area (Å²) < 4.78 is 4.88. The molecule has 0 aliphatic heterocycles. The lowest BCUT2D eigenvalue weighted by atomic mass is 10.1. The predicted octanol–water partition coefficient (Wildman–Crippen LogP) is 2.07.